The summed E-state index contributed by atoms with van der Waals surface area (Å²) in [7, 11) is 0. The number of aliphatic hydroxyl groups excluding tert-OH is 1. The minimum atomic E-state index is -1.42. The van der Waals surface area contributed by atoms with E-state index in [2.05, 4.69) is 36.6 Å². The lowest BCUT2D eigenvalue weighted by molar-refractivity contribution is -0.132. The van der Waals surface area contributed by atoms with Crippen LogP contribution < -0.4 is 10.6 Å². The molecule has 2 unspecified atom stereocenters. The zero-order chi connectivity index (χ0) is 26.0. The summed E-state index contributed by atoms with van der Waals surface area (Å²) in [6, 6.07) is 17.3. The maximum atomic E-state index is 13.0. The maximum absolute atomic E-state index is 13.0. The summed E-state index contributed by atoms with van der Waals surface area (Å²) in [6.07, 6.45) is -1.42. The third-order valence-corrected chi connectivity index (χ3v) is 6.17. The van der Waals surface area contributed by atoms with Crippen molar-refractivity contribution in [2.75, 3.05) is 5.32 Å². The number of rotatable bonds is 7. The van der Waals surface area contributed by atoms with Gasteiger partial charge in [0.2, 0.25) is 5.91 Å². The van der Waals surface area contributed by atoms with Gasteiger partial charge in [-0.25, -0.2) is 4.68 Å². The van der Waals surface area contributed by atoms with Crippen molar-refractivity contribution in [3.63, 3.8) is 0 Å². The van der Waals surface area contributed by atoms with E-state index in [1.807, 2.05) is 45.0 Å². The number of hydrogen-bond donors (Lipinski definition) is 3. The predicted octanol–water partition coefficient (Wildman–Crippen LogP) is 4.79. The van der Waals surface area contributed by atoms with Crippen LogP contribution in [0.4, 0.5) is 5.82 Å². The number of hydrogen-bond acceptors (Lipinski definition) is 4. The highest BCUT2D eigenvalue weighted by molar-refractivity contribution is 6.30. The molecule has 2 amide bonds. The van der Waals surface area contributed by atoms with E-state index in [1.54, 1.807) is 35.9 Å². The Balaban J connectivity index is 1.78. The average molecular weight is 497 g/mol. The first-order valence-corrected chi connectivity index (χ1v) is 11.9. The molecule has 3 rings (SSSR count). The normalized spacial score (nSPS) is 13.7. The van der Waals surface area contributed by atoms with Gasteiger partial charge >= 0.3 is 0 Å². The van der Waals surface area contributed by atoms with Gasteiger partial charge < -0.3 is 15.7 Å². The van der Waals surface area contributed by atoms with Crippen LogP contribution in [-0.4, -0.2) is 32.7 Å². The molecule has 0 fully saturated rings. The summed E-state index contributed by atoms with van der Waals surface area (Å²) < 4.78 is 1.78. The van der Waals surface area contributed by atoms with Crippen molar-refractivity contribution in [2.45, 2.75) is 64.6 Å². The first-order valence-electron chi connectivity index (χ1n) is 11.5. The molecule has 2 aromatic carbocycles. The Morgan fingerprint density at radius 3 is 2.14 bits per heavy atom. The van der Waals surface area contributed by atoms with Crippen LogP contribution in [0.5, 0.6) is 0 Å². The molecule has 1 aromatic heterocycles. The van der Waals surface area contributed by atoms with Crippen molar-refractivity contribution in [3.05, 3.63) is 82.5 Å². The molecule has 186 valence electrons. The van der Waals surface area contributed by atoms with Crippen LogP contribution in [0.25, 0.3) is 0 Å². The zero-order valence-corrected chi connectivity index (χ0v) is 21.7. The first kappa shape index (κ1) is 26.4. The van der Waals surface area contributed by atoms with Gasteiger partial charge in [-0.1, -0.05) is 67.9 Å². The number of aliphatic hydroxyl groups is 1. The number of amides is 2. The van der Waals surface area contributed by atoms with E-state index in [1.165, 1.54) is 0 Å². The molecule has 0 spiro atoms. The van der Waals surface area contributed by atoms with Crippen molar-refractivity contribution in [3.8, 4) is 0 Å². The highest BCUT2D eigenvalue weighted by Crippen LogP contribution is 2.33. The quantitative estimate of drug-likeness (QED) is 0.438. The lowest BCUT2D eigenvalue weighted by Gasteiger charge is -2.25. The first-order chi connectivity index (χ1) is 16.3. The molecular weight excluding hydrogens is 464 g/mol. The maximum Gasteiger partial charge on any atom is 0.254 e. The fourth-order valence-electron chi connectivity index (χ4n) is 3.68. The molecule has 0 radical (unpaired) electrons. The van der Waals surface area contributed by atoms with Crippen molar-refractivity contribution in [1.29, 1.82) is 0 Å². The van der Waals surface area contributed by atoms with Crippen molar-refractivity contribution < 1.29 is 14.7 Å². The molecule has 0 bridgehead atoms. The minimum absolute atomic E-state index is 0.387. The van der Waals surface area contributed by atoms with E-state index in [-0.39, 0.29) is 5.41 Å². The number of halogens is 1. The standard InChI is InChI=1S/C27H33ClN4O3/c1-17(29-25(35)23(33)18-12-14-20(28)15-13-18)24(34)30-22-16-21(31-32(22)26(2,3)4)27(5,6)19-10-8-7-9-11-19/h7-17,23,33H,1-6H3,(H,29,35)(H,30,34). The molecule has 0 aliphatic carbocycles. The SMILES string of the molecule is CC(NC(=O)C(O)c1ccc(Cl)cc1)C(=O)Nc1cc(C(C)(C)c2ccccc2)nn1C(C)(C)C. The van der Waals surface area contributed by atoms with Gasteiger partial charge in [0.1, 0.15) is 11.9 Å². The lowest BCUT2D eigenvalue weighted by Crippen LogP contribution is -2.44. The summed E-state index contributed by atoms with van der Waals surface area (Å²) in [6.45, 7) is 11.7. The Morgan fingerprint density at radius 1 is 0.971 bits per heavy atom. The van der Waals surface area contributed by atoms with Gasteiger partial charge in [0.05, 0.1) is 11.2 Å². The van der Waals surface area contributed by atoms with Crippen LogP contribution in [0.2, 0.25) is 5.02 Å². The van der Waals surface area contributed by atoms with Crippen LogP contribution in [0.15, 0.2) is 60.7 Å². The van der Waals surface area contributed by atoms with E-state index < -0.39 is 29.5 Å². The van der Waals surface area contributed by atoms with Crippen LogP contribution >= 0.6 is 11.6 Å². The molecule has 3 N–H and O–H groups in total. The number of anilines is 1. The Bertz CT molecular complexity index is 1180. The third-order valence-electron chi connectivity index (χ3n) is 5.92. The van der Waals surface area contributed by atoms with Crippen molar-refractivity contribution in [2.24, 2.45) is 0 Å². The summed E-state index contributed by atoms with van der Waals surface area (Å²) in [5.74, 6) is -0.567. The molecule has 0 saturated carbocycles. The number of carbonyl (C=O) groups excluding carboxylic acids is 2. The summed E-state index contributed by atoms with van der Waals surface area (Å²) in [5.41, 5.74) is 1.51. The lowest BCUT2D eigenvalue weighted by atomic mass is 9.82. The van der Waals surface area contributed by atoms with Crippen molar-refractivity contribution in [1.82, 2.24) is 15.1 Å². The van der Waals surface area contributed by atoms with Gasteiger partial charge in [-0.05, 0) is 51.0 Å². The Labute approximate surface area is 211 Å². The van der Waals surface area contributed by atoms with Gasteiger partial charge in [-0.2, -0.15) is 5.10 Å². The van der Waals surface area contributed by atoms with Crippen LogP contribution in [0, 0.1) is 0 Å². The molecule has 3 aromatic rings. The fourth-order valence-corrected chi connectivity index (χ4v) is 3.80. The third kappa shape index (κ3) is 6.10. The molecular formula is C27H33ClN4O3. The van der Waals surface area contributed by atoms with E-state index in [0.717, 1.165) is 11.3 Å². The molecule has 0 saturated heterocycles. The van der Waals surface area contributed by atoms with E-state index in [9.17, 15) is 14.7 Å². The second-order valence-electron chi connectivity index (χ2n) is 10.2. The van der Waals surface area contributed by atoms with E-state index in [4.69, 9.17) is 16.7 Å². The molecule has 7 nitrogen and oxygen atoms in total. The smallest absolute Gasteiger partial charge is 0.254 e. The second kappa shape index (κ2) is 10.2. The average Bonchev–Trinajstić information content (AvgIpc) is 3.25. The number of aromatic nitrogens is 2. The summed E-state index contributed by atoms with van der Waals surface area (Å²) in [4.78, 5) is 25.5. The summed E-state index contributed by atoms with van der Waals surface area (Å²) >= 11 is 5.87. The van der Waals surface area contributed by atoms with Gasteiger partial charge in [-0.3, -0.25) is 9.59 Å². The number of benzene rings is 2. The molecule has 0 aliphatic heterocycles. The van der Waals surface area contributed by atoms with Gasteiger partial charge in [0, 0.05) is 16.5 Å². The second-order valence-corrected chi connectivity index (χ2v) is 10.6. The summed E-state index contributed by atoms with van der Waals surface area (Å²) in [5, 5.41) is 21.2. The topological polar surface area (TPSA) is 96.2 Å². The zero-order valence-electron chi connectivity index (χ0n) is 21.0. The fraction of sp³-hybridized carbons (Fsp3) is 0.370. The molecule has 0 aliphatic rings. The Hall–Kier alpha value is -3.16. The van der Waals surface area contributed by atoms with Gasteiger partial charge in [-0.15, -0.1) is 0 Å². The number of nitrogens with one attached hydrogen (secondary N) is 2. The Morgan fingerprint density at radius 2 is 1.57 bits per heavy atom. The van der Waals surface area contributed by atoms with Gasteiger partial charge in [0.15, 0.2) is 6.10 Å². The highest BCUT2D eigenvalue weighted by Gasteiger charge is 2.31. The van der Waals surface area contributed by atoms with Crippen molar-refractivity contribution >= 4 is 29.2 Å². The number of nitrogens with zero attached hydrogens (tertiary/aromatic N) is 2. The predicted molar refractivity (Wildman–Crippen MR) is 138 cm³/mol. The molecule has 35 heavy (non-hydrogen) atoms. The molecule has 2 atom stereocenters. The van der Waals surface area contributed by atoms with Crippen LogP contribution in [0.1, 0.15) is 64.5 Å². The molecule has 8 heteroatoms. The Kier molecular flexibility index (Phi) is 7.72. The van der Waals surface area contributed by atoms with E-state index >= 15 is 0 Å². The van der Waals surface area contributed by atoms with Gasteiger partial charge in [0.25, 0.3) is 5.91 Å². The number of carbonyl (C=O) groups is 2. The highest BCUT2D eigenvalue weighted by atomic mass is 35.5. The minimum Gasteiger partial charge on any atom is -0.378 e. The monoisotopic (exact) mass is 496 g/mol. The van der Waals surface area contributed by atoms with Crippen LogP contribution in [-0.2, 0) is 20.5 Å². The molecule has 1 heterocycles. The van der Waals surface area contributed by atoms with E-state index in [0.29, 0.717) is 16.4 Å². The van der Waals surface area contributed by atoms with Crippen LogP contribution in [0.3, 0.4) is 0 Å². The largest absolute Gasteiger partial charge is 0.378 e.